The molecule has 2 aliphatic heterocycles. The van der Waals surface area contributed by atoms with E-state index in [1.807, 2.05) is 17.9 Å². The van der Waals surface area contributed by atoms with Gasteiger partial charge in [0.1, 0.15) is 5.82 Å². The van der Waals surface area contributed by atoms with E-state index in [0.717, 1.165) is 11.3 Å². The van der Waals surface area contributed by atoms with Crippen LogP contribution in [0.2, 0.25) is 0 Å². The summed E-state index contributed by atoms with van der Waals surface area (Å²) in [6.07, 6.45) is 6.46. The number of carbonyl (C=O) groups is 1. The second-order valence-corrected chi connectivity index (χ2v) is 8.13. The SMILES string of the molecule is CC1c2cnc(-c3ncccn3)nc2CCN1c1cc(N2CCC(C(N)=O)C2)cc(F)n1. The molecule has 0 bridgehead atoms. The summed E-state index contributed by atoms with van der Waals surface area (Å²) in [5.41, 5.74) is 8.06. The van der Waals surface area contributed by atoms with E-state index in [1.165, 1.54) is 6.07 Å². The lowest BCUT2D eigenvalue weighted by atomic mass is 9.99. The van der Waals surface area contributed by atoms with Crippen molar-refractivity contribution in [2.75, 3.05) is 29.4 Å². The molecule has 0 saturated carbocycles. The standard InChI is InChI=1S/C22H23FN8O/c1-13-16-11-27-22(21-25-5-2-6-26-21)28-17(16)4-8-31(13)19-10-15(9-18(23)29-19)30-7-3-14(12-30)20(24)32/h2,5-6,9-11,13-14H,3-4,7-8,12H2,1H3,(H2,24,32). The van der Waals surface area contributed by atoms with Crippen LogP contribution in [-0.4, -0.2) is 50.5 Å². The molecule has 2 N–H and O–H groups in total. The molecule has 0 aliphatic carbocycles. The first-order chi connectivity index (χ1) is 15.5. The van der Waals surface area contributed by atoms with Crippen molar-refractivity contribution in [1.29, 1.82) is 0 Å². The lowest BCUT2D eigenvalue weighted by Gasteiger charge is -2.36. The fourth-order valence-corrected chi connectivity index (χ4v) is 4.43. The predicted octanol–water partition coefficient (Wildman–Crippen LogP) is 1.90. The third kappa shape index (κ3) is 3.72. The molecule has 2 aliphatic rings. The first-order valence-corrected chi connectivity index (χ1v) is 10.6. The van der Waals surface area contributed by atoms with Crippen molar-refractivity contribution in [3.63, 3.8) is 0 Å². The molecule has 32 heavy (non-hydrogen) atoms. The van der Waals surface area contributed by atoms with Crippen LogP contribution >= 0.6 is 0 Å². The highest BCUT2D eigenvalue weighted by Crippen LogP contribution is 2.34. The van der Waals surface area contributed by atoms with Gasteiger partial charge in [0.05, 0.1) is 17.7 Å². The topological polar surface area (TPSA) is 114 Å². The first kappa shape index (κ1) is 20.2. The van der Waals surface area contributed by atoms with E-state index < -0.39 is 5.95 Å². The maximum atomic E-state index is 14.5. The number of nitrogens with two attached hydrogens (primary N) is 1. The Morgan fingerprint density at radius 1 is 1.12 bits per heavy atom. The Bertz CT molecular complexity index is 1160. The van der Waals surface area contributed by atoms with E-state index >= 15 is 0 Å². The van der Waals surface area contributed by atoms with Crippen LogP contribution in [0.1, 0.15) is 30.6 Å². The van der Waals surface area contributed by atoms with Gasteiger partial charge in [-0.2, -0.15) is 4.39 Å². The number of amides is 1. The number of aromatic nitrogens is 5. The van der Waals surface area contributed by atoms with E-state index in [-0.39, 0.29) is 17.9 Å². The average Bonchev–Trinajstić information content (AvgIpc) is 3.30. The van der Waals surface area contributed by atoms with Gasteiger partial charge in [0.25, 0.3) is 0 Å². The summed E-state index contributed by atoms with van der Waals surface area (Å²) < 4.78 is 14.5. The molecule has 3 aromatic heterocycles. The molecule has 10 heteroatoms. The number of fused-ring (bicyclic) bond motifs is 1. The van der Waals surface area contributed by atoms with Crippen LogP contribution in [0.4, 0.5) is 15.9 Å². The van der Waals surface area contributed by atoms with Crippen LogP contribution in [0.25, 0.3) is 11.6 Å². The molecule has 2 atom stereocenters. The number of rotatable bonds is 4. The molecule has 164 valence electrons. The molecular formula is C22H23FN8O. The summed E-state index contributed by atoms with van der Waals surface area (Å²) in [6, 6.07) is 4.95. The number of hydrogen-bond donors (Lipinski definition) is 1. The van der Waals surface area contributed by atoms with Crippen molar-refractivity contribution in [2.45, 2.75) is 25.8 Å². The fraction of sp³-hybridized carbons (Fsp3) is 0.364. The van der Waals surface area contributed by atoms with Crippen molar-refractivity contribution in [1.82, 2.24) is 24.9 Å². The number of anilines is 2. The monoisotopic (exact) mass is 434 g/mol. The van der Waals surface area contributed by atoms with Crippen LogP contribution < -0.4 is 15.5 Å². The molecule has 5 rings (SSSR count). The van der Waals surface area contributed by atoms with Gasteiger partial charge < -0.3 is 15.5 Å². The highest BCUT2D eigenvalue weighted by atomic mass is 19.1. The van der Waals surface area contributed by atoms with Gasteiger partial charge in [0.2, 0.25) is 11.9 Å². The lowest BCUT2D eigenvalue weighted by molar-refractivity contribution is -0.121. The molecule has 3 aromatic rings. The normalized spacial score (nSPS) is 20.3. The van der Waals surface area contributed by atoms with Gasteiger partial charge in [-0.3, -0.25) is 4.79 Å². The minimum Gasteiger partial charge on any atom is -0.370 e. The molecule has 5 heterocycles. The van der Waals surface area contributed by atoms with Crippen LogP contribution in [0.15, 0.2) is 36.8 Å². The van der Waals surface area contributed by atoms with Crippen LogP contribution in [-0.2, 0) is 11.2 Å². The maximum Gasteiger partial charge on any atom is 0.222 e. The maximum absolute atomic E-state index is 14.5. The molecular weight excluding hydrogens is 411 g/mol. The molecule has 1 saturated heterocycles. The number of nitrogens with zero attached hydrogens (tertiary/aromatic N) is 7. The Morgan fingerprint density at radius 2 is 1.94 bits per heavy atom. The van der Waals surface area contributed by atoms with E-state index in [0.29, 0.717) is 55.6 Å². The van der Waals surface area contributed by atoms with Gasteiger partial charge in [-0.1, -0.05) is 0 Å². The highest BCUT2D eigenvalue weighted by molar-refractivity contribution is 5.78. The zero-order chi connectivity index (χ0) is 22.2. The van der Waals surface area contributed by atoms with E-state index in [4.69, 9.17) is 5.73 Å². The third-order valence-corrected chi connectivity index (χ3v) is 6.19. The van der Waals surface area contributed by atoms with Gasteiger partial charge in [0.15, 0.2) is 11.6 Å². The van der Waals surface area contributed by atoms with Crippen molar-refractivity contribution >= 4 is 17.4 Å². The fourth-order valence-electron chi connectivity index (χ4n) is 4.43. The van der Waals surface area contributed by atoms with Gasteiger partial charge in [-0.15, -0.1) is 0 Å². The molecule has 0 spiro atoms. The van der Waals surface area contributed by atoms with E-state index in [1.54, 1.807) is 24.7 Å². The Hall–Kier alpha value is -3.69. The second-order valence-electron chi connectivity index (χ2n) is 8.13. The Balaban J connectivity index is 1.41. The summed E-state index contributed by atoms with van der Waals surface area (Å²) in [4.78, 5) is 37.3. The number of carbonyl (C=O) groups excluding carboxylic acids is 1. The molecule has 0 aromatic carbocycles. The van der Waals surface area contributed by atoms with Crippen molar-refractivity contribution in [2.24, 2.45) is 11.7 Å². The highest BCUT2D eigenvalue weighted by Gasteiger charge is 2.30. The summed E-state index contributed by atoms with van der Waals surface area (Å²) in [7, 11) is 0. The van der Waals surface area contributed by atoms with E-state index in [9.17, 15) is 9.18 Å². The number of halogens is 1. The Morgan fingerprint density at radius 3 is 2.69 bits per heavy atom. The van der Waals surface area contributed by atoms with Crippen LogP contribution in [0.5, 0.6) is 0 Å². The average molecular weight is 434 g/mol. The predicted molar refractivity (Wildman–Crippen MR) is 116 cm³/mol. The summed E-state index contributed by atoms with van der Waals surface area (Å²) in [5.74, 6) is 0.456. The van der Waals surface area contributed by atoms with E-state index in [2.05, 4.69) is 29.8 Å². The van der Waals surface area contributed by atoms with Crippen molar-refractivity contribution in [3.05, 3.63) is 54.0 Å². The van der Waals surface area contributed by atoms with Crippen molar-refractivity contribution < 1.29 is 9.18 Å². The largest absolute Gasteiger partial charge is 0.370 e. The molecule has 1 fully saturated rings. The van der Waals surface area contributed by atoms with Gasteiger partial charge in [0, 0.05) is 68.0 Å². The summed E-state index contributed by atoms with van der Waals surface area (Å²) in [6.45, 7) is 3.83. The van der Waals surface area contributed by atoms with Crippen LogP contribution in [0, 0.1) is 11.9 Å². The van der Waals surface area contributed by atoms with Gasteiger partial charge in [-0.05, 0) is 19.4 Å². The minimum absolute atomic E-state index is 0.0800. The number of hydrogen-bond acceptors (Lipinski definition) is 8. The zero-order valence-electron chi connectivity index (χ0n) is 17.6. The number of primary amides is 1. The summed E-state index contributed by atoms with van der Waals surface area (Å²) >= 11 is 0. The minimum atomic E-state index is -0.550. The molecule has 9 nitrogen and oxygen atoms in total. The first-order valence-electron chi connectivity index (χ1n) is 10.6. The molecule has 2 unspecified atom stereocenters. The zero-order valence-corrected chi connectivity index (χ0v) is 17.6. The molecule has 0 radical (unpaired) electrons. The second kappa shape index (κ2) is 8.10. The Labute approximate surface area is 184 Å². The number of pyridine rings is 1. The van der Waals surface area contributed by atoms with Crippen molar-refractivity contribution in [3.8, 4) is 11.6 Å². The summed E-state index contributed by atoms with van der Waals surface area (Å²) in [5, 5.41) is 0. The molecule has 1 amide bonds. The smallest absolute Gasteiger partial charge is 0.222 e. The quantitative estimate of drug-likeness (QED) is 0.620. The van der Waals surface area contributed by atoms with Gasteiger partial charge in [-0.25, -0.2) is 24.9 Å². The lowest BCUT2D eigenvalue weighted by Crippen LogP contribution is -2.35. The van der Waals surface area contributed by atoms with Crippen LogP contribution in [0.3, 0.4) is 0 Å². The Kier molecular flexibility index (Phi) is 5.12. The third-order valence-electron chi connectivity index (χ3n) is 6.19. The van der Waals surface area contributed by atoms with Gasteiger partial charge >= 0.3 is 0 Å².